The van der Waals surface area contributed by atoms with Crippen LogP contribution in [0.25, 0.3) is 10.9 Å². The molecule has 0 bridgehead atoms. The molecule has 18 heavy (non-hydrogen) atoms. The van der Waals surface area contributed by atoms with Gasteiger partial charge in [-0.2, -0.15) is 0 Å². The van der Waals surface area contributed by atoms with E-state index >= 15 is 0 Å². The molecule has 2 aromatic rings. The van der Waals surface area contributed by atoms with E-state index in [0.29, 0.717) is 6.54 Å². The van der Waals surface area contributed by atoms with Crippen molar-refractivity contribution in [1.82, 2.24) is 9.88 Å². The SMILES string of the molecule is CN(Cc1ccc2cc[nH]c2c1)C(C)(C)C(=O)O. The molecule has 1 aromatic heterocycles. The van der Waals surface area contributed by atoms with Crippen molar-refractivity contribution < 1.29 is 9.90 Å². The second-order valence-corrected chi connectivity index (χ2v) is 5.12. The summed E-state index contributed by atoms with van der Waals surface area (Å²) in [7, 11) is 1.83. The van der Waals surface area contributed by atoms with Crippen LogP contribution >= 0.6 is 0 Å². The lowest BCUT2D eigenvalue weighted by Crippen LogP contribution is -2.47. The Kier molecular flexibility index (Phi) is 3.13. The minimum Gasteiger partial charge on any atom is -0.480 e. The van der Waals surface area contributed by atoms with Crippen molar-refractivity contribution in [3.63, 3.8) is 0 Å². The largest absolute Gasteiger partial charge is 0.480 e. The molecule has 0 fully saturated rings. The first kappa shape index (κ1) is 12.6. The first-order chi connectivity index (χ1) is 8.41. The number of hydrogen-bond donors (Lipinski definition) is 2. The molecule has 0 aliphatic heterocycles. The van der Waals surface area contributed by atoms with Crippen molar-refractivity contribution in [2.45, 2.75) is 25.9 Å². The second kappa shape index (κ2) is 4.46. The van der Waals surface area contributed by atoms with Gasteiger partial charge in [-0.25, -0.2) is 0 Å². The number of aliphatic carboxylic acids is 1. The quantitative estimate of drug-likeness (QED) is 0.871. The maximum Gasteiger partial charge on any atom is 0.323 e. The van der Waals surface area contributed by atoms with E-state index in [1.54, 1.807) is 13.8 Å². The van der Waals surface area contributed by atoms with Crippen LogP contribution in [-0.2, 0) is 11.3 Å². The van der Waals surface area contributed by atoms with E-state index in [1.807, 2.05) is 36.3 Å². The van der Waals surface area contributed by atoms with Crippen LogP contribution < -0.4 is 0 Å². The number of carbonyl (C=O) groups is 1. The maximum absolute atomic E-state index is 11.2. The minimum atomic E-state index is -0.870. The van der Waals surface area contributed by atoms with Gasteiger partial charge in [0.2, 0.25) is 0 Å². The van der Waals surface area contributed by atoms with Crippen molar-refractivity contribution in [2.24, 2.45) is 0 Å². The molecular formula is C14H18N2O2. The fourth-order valence-corrected chi connectivity index (χ4v) is 1.83. The zero-order chi connectivity index (χ0) is 13.3. The predicted octanol–water partition coefficient (Wildman–Crippen LogP) is 2.46. The highest BCUT2D eigenvalue weighted by Gasteiger charge is 2.31. The predicted molar refractivity (Wildman–Crippen MR) is 71.5 cm³/mol. The topological polar surface area (TPSA) is 56.3 Å². The van der Waals surface area contributed by atoms with Crippen LogP contribution in [0.15, 0.2) is 30.5 Å². The van der Waals surface area contributed by atoms with Crippen LogP contribution in [0.4, 0.5) is 0 Å². The first-order valence-corrected chi connectivity index (χ1v) is 5.92. The number of fused-ring (bicyclic) bond motifs is 1. The third kappa shape index (κ3) is 2.24. The van der Waals surface area contributed by atoms with Gasteiger partial charge in [-0.15, -0.1) is 0 Å². The number of H-pyrrole nitrogens is 1. The monoisotopic (exact) mass is 246 g/mol. The Hall–Kier alpha value is -1.81. The van der Waals surface area contributed by atoms with Gasteiger partial charge in [0.25, 0.3) is 0 Å². The molecule has 0 amide bonds. The molecule has 0 saturated carbocycles. The van der Waals surface area contributed by atoms with Gasteiger partial charge in [-0.3, -0.25) is 9.69 Å². The van der Waals surface area contributed by atoms with E-state index in [4.69, 9.17) is 0 Å². The van der Waals surface area contributed by atoms with Crippen molar-refractivity contribution in [3.05, 3.63) is 36.0 Å². The van der Waals surface area contributed by atoms with Crippen LogP contribution in [0.3, 0.4) is 0 Å². The number of nitrogens with zero attached hydrogens (tertiary/aromatic N) is 1. The fourth-order valence-electron chi connectivity index (χ4n) is 1.83. The molecule has 0 saturated heterocycles. The number of nitrogens with one attached hydrogen (secondary N) is 1. The Morgan fingerprint density at radius 1 is 1.39 bits per heavy atom. The molecule has 0 atom stereocenters. The highest BCUT2D eigenvalue weighted by molar-refractivity contribution is 5.80. The minimum absolute atomic E-state index is 0.605. The zero-order valence-corrected chi connectivity index (χ0v) is 10.9. The molecule has 4 nitrogen and oxygen atoms in total. The molecule has 0 radical (unpaired) electrons. The van der Waals surface area contributed by atoms with Crippen molar-refractivity contribution in [1.29, 1.82) is 0 Å². The first-order valence-electron chi connectivity index (χ1n) is 5.92. The van der Waals surface area contributed by atoms with E-state index in [9.17, 15) is 9.90 Å². The average molecular weight is 246 g/mol. The van der Waals surface area contributed by atoms with Crippen molar-refractivity contribution >= 4 is 16.9 Å². The van der Waals surface area contributed by atoms with E-state index < -0.39 is 11.5 Å². The van der Waals surface area contributed by atoms with Gasteiger partial charge < -0.3 is 10.1 Å². The lowest BCUT2D eigenvalue weighted by molar-refractivity contribution is -0.148. The second-order valence-electron chi connectivity index (χ2n) is 5.12. The molecule has 1 aromatic carbocycles. The summed E-state index contributed by atoms with van der Waals surface area (Å²) in [4.78, 5) is 16.2. The summed E-state index contributed by atoms with van der Waals surface area (Å²) < 4.78 is 0. The molecule has 4 heteroatoms. The Labute approximate surface area is 106 Å². The Morgan fingerprint density at radius 3 is 2.78 bits per heavy atom. The average Bonchev–Trinajstić information content (AvgIpc) is 2.75. The number of aromatic amines is 1. The normalized spacial score (nSPS) is 12.2. The Balaban J connectivity index is 2.20. The summed E-state index contributed by atoms with van der Waals surface area (Å²) in [6, 6.07) is 8.15. The van der Waals surface area contributed by atoms with Crippen LogP contribution in [0.2, 0.25) is 0 Å². The molecular weight excluding hydrogens is 228 g/mol. The van der Waals surface area contributed by atoms with Crippen molar-refractivity contribution in [3.8, 4) is 0 Å². The van der Waals surface area contributed by atoms with E-state index in [2.05, 4.69) is 11.1 Å². The highest BCUT2D eigenvalue weighted by atomic mass is 16.4. The van der Waals surface area contributed by atoms with Gasteiger partial charge in [0, 0.05) is 18.3 Å². The summed E-state index contributed by atoms with van der Waals surface area (Å²) in [6.45, 7) is 4.03. The van der Waals surface area contributed by atoms with Gasteiger partial charge in [0.05, 0.1) is 0 Å². The van der Waals surface area contributed by atoms with Gasteiger partial charge in [-0.1, -0.05) is 12.1 Å². The van der Waals surface area contributed by atoms with E-state index in [-0.39, 0.29) is 0 Å². The number of rotatable bonds is 4. The summed E-state index contributed by atoms with van der Waals surface area (Å²) in [5.41, 5.74) is 1.31. The number of aromatic nitrogens is 1. The zero-order valence-electron chi connectivity index (χ0n) is 10.9. The number of likely N-dealkylation sites (N-methyl/N-ethyl adjacent to an activating group) is 1. The van der Waals surface area contributed by atoms with Gasteiger partial charge >= 0.3 is 5.97 Å². The fraction of sp³-hybridized carbons (Fsp3) is 0.357. The molecule has 0 spiro atoms. The summed E-state index contributed by atoms with van der Waals surface area (Å²) >= 11 is 0. The third-order valence-electron chi connectivity index (χ3n) is 3.52. The molecule has 1 heterocycles. The molecule has 0 aliphatic carbocycles. The molecule has 2 N–H and O–H groups in total. The van der Waals surface area contributed by atoms with Gasteiger partial charge in [0.15, 0.2) is 0 Å². The van der Waals surface area contributed by atoms with Crippen LogP contribution in [0.1, 0.15) is 19.4 Å². The lowest BCUT2D eigenvalue weighted by Gasteiger charge is -2.31. The molecule has 2 rings (SSSR count). The van der Waals surface area contributed by atoms with Gasteiger partial charge in [0.1, 0.15) is 5.54 Å². The van der Waals surface area contributed by atoms with Crippen molar-refractivity contribution in [2.75, 3.05) is 7.05 Å². The number of carboxylic acids is 1. The summed E-state index contributed by atoms with van der Waals surface area (Å²) in [5, 5.41) is 10.3. The lowest BCUT2D eigenvalue weighted by atomic mass is 10.0. The van der Waals surface area contributed by atoms with Crippen LogP contribution in [0, 0.1) is 0 Å². The summed E-state index contributed by atoms with van der Waals surface area (Å²) in [5.74, 6) is -0.814. The standard InChI is InChI=1S/C14H18N2O2/c1-14(2,13(17)18)16(3)9-10-4-5-11-6-7-15-12(11)8-10/h4-8,15H,9H2,1-3H3,(H,17,18). The smallest absolute Gasteiger partial charge is 0.323 e. The Morgan fingerprint density at radius 2 is 2.11 bits per heavy atom. The molecule has 0 unspecified atom stereocenters. The Bertz CT molecular complexity index is 572. The number of hydrogen-bond acceptors (Lipinski definition) is 2. The van der Waals surface area contributed by atoms with E-state index in [0.717, 1.165) is 11.1 Å². The van der Waals surface area contributed by atoms with E-state index in [1.165, 1.54) is 5.39 Å². The van der Waals surface area contributed by atoms with Crippen LogP contribution in [-0.4, -0.2) is 33.5 Å². The number of carboxylic acid groups (broad SMARTS) is 1. The van der Waals surface area contributed by atoms with Crippen LogP contribution in [0.5, 0.6) is 0 Å². The maximum atomic E-state index is 11.2. The molecule has 0 aliphatic rings. The summed E-state index contributed by atoms with van der Waals surface area (Å²) in [6.07, 6.45) is 1.90. The molecule has 96 valence electrons. The number of benzene rings is 1. The van der Waals surface area contributed by atoms with Gasteiger partial charge in [-0.05, 0) is 44.0 Å². The third-order valence-corrected chi connectivity index (χ3v) is 3.52. The highest BCUT2D eigenvalue weighted by Crippen LogP contribution is 2.19.